The first-order chi connectivity index (χ1) is 7.13. The van der Waals surface area contributed by atoms with Crippen LogP contribution in [-0.4, -0.2) is 50.6 Å². The summed E-state index contributed by atoms with van der Waals surface area (Å²) in [6.07, 6.45) is 1.24. The first kappa shape index (κ1) is 15.7. The first-order valence-corrected chi connectivity index (χ1v) is 6.73. The lowest BCUT2D eigenvalue weighted by molar-refractivity contribution is -0.147. The van der Waals surface area contributed by atoms with Crippen LogP contribution in [0.15, 0.2) is 11.9 Å². The van der Waals surface area contributed by atoms with Gasteiger partial charge in [0.25, 0.3) is 0 Å². The number of carbonyl (C=O) groups is 1. The summed E-state index contributed by atoms with van der Waals surface area (Å²) in [5.74, 6) is -0.179. The smallest absolute Gasteiger partial charge is 0.348 e. The third-order valence-corrected chi connectivity index (χ3v) is 3.50. The summed E-state index contributed by atoms with van der Waals surface area (Å²) in [7, 11) is -2.63. The van der Waals surface area contributed by atoms with Crippen molar-refractivity contribution in [2.75, 3.05) is 19.3 Å². The maximum atomic E-state index is 11.0. The molecule has 0 amide bonds. The van der Waals surface area contributed by atoms with Gasteiger partial charge in [0.15, 0.2) is 0 Å². The highest BCUT2D eigenvalue weighted by Gasteiger charge is 2.35. The standard InChI is InChI=1S/C8H16NO5PS/c1-8(6-16,7(10)11)9(2)4-3-5-15(12,13)14/h3,5,16H,4,6H2,1-2H3,(H,10,11)(H2,12,13,14)/t8-/m0/s1. The highest BCUT2D eigenvalue weighted by molar-refractivity contribution is 7.80. The van der Waals surface area contributed by atoms with Crippen molar-refractivity contribution in [1.29, 1.82) is 0 Å². The van der Waals surface area contributed by atoms with Gasteiger partial charge in [-0.2, -0.15) is 12.6 Å². The van der Waals surface area contributed by atoms with Crippen molar-refractivity contribution in [3.8, 4) is 0 Å². The van der Waals surface area contributed by atoms with Crippen molar-refractivity contribution in [2.24, 2.45) is 0 Å². The summed E-state index contributed by atoms with van der Waals surface area (Å²) < 4.78 is 10.5. The number of nitrogens with zero attached hydrogens (tertiary/aromatic N) is 1. The van der Waals surface area contributed by atoms with Crippen LogP contribution in [0, 0.1) is 0 Å². The van der Waals surface area contributed by atoms with Crippen LogP contribution in [-0.2, 0) is 9.36 Å². The van der Waals surface area contributed by atoms with E-state index in [0.717, 1.165) is 5.82 Å². The van der Waals surface area contributed by atoms with Gasteiger partial charge in [0, 0.05) is 18.1 Å². The Labute approximate surface area is 99.5 Å². The molecule has 0 fully saturated rings. The number of aliphatic carboxylic acids is 1. The Morgan fingerprint density at radius 2 is 2.06 bits per heavy atom. The average Bonchev–Trinajstić information content (AvgIpc) is 2.13. The van der Waals surface area contributed by atoms with Gasteiger partial charge >= 0.3 is 13.6 Å². The highest BCUT2D eigenvalue weighted by Crippen LogP contribution is 2.35. The van der Waals surface area contributed by atoms with Gasteiger partial charge in [0.2, 0.25) is 0 Å². The van der Waals surface area contributed by atoms with Gasteiger partial charge in [-0.25, -0.2) is 0 Å². The molecule has 0 aliphatic carbocycles. The molecule has 16 heavy (non-hydrogen) atoms. The molecule has 0 saturated heterocycles. The summed E-state index contributed by atoms with van der Waals surface area (Å²) in [6, 6.07) is 0. The lowest BCUT2D eigenvalue weighted by atomic mass is 10.0. The third kappa shape index (κ3) is 4.67. The van der Waals surface area contributed by atoms with Crippen LogP contribution in [0.3, 0.4) is 0 Å². The van der Waals surface area contributed by atoms with Crippen LogP contribution in [0.4, 0.5) is 0 Å². The first-order valence-electron chi connectivity index (χ1n) is 4.42. The van der Waals surface area contributed by atoms with Crippen LogP contribution in [0.25, 0.3) is 0 Å². The van der Waals surface area contributed by atoms with Crippen LogP contribution >= 0.6 is 20.2 Å². The summed E-state index contributed by atoms with van der Waals surface area (Å²) in [4.78, 5) is 29.6. The molecule has 1 atom stereocenters. The highest BCUT2D eigenvalue weighted by atomic mass is 32.1. The molecular formula is C8H16NO5PS. The molecule has 6 nitrogen and oxygen atoms in total. The predicted octanol–water partition coefficient (Wildman–Crippen LogP) is 0.383. The van der Waals surface area contributed by atoms with E-state index in [4.69, 9.17) is 14.9 Å². The van der Waals surface area contributed by atoms with Crippen molar-refractivity contribution in [3.05, 3.63) is 11.9 Å². The van der Waals surface area contributed by atoms with Crippen molar-refractivity contribution in [3.63, 3.8) is 0 Å². The number of rotatable bonds is 6. The normalized spacial score (nSPS) is 16.6. The van der Waals surface area contributed by atoms with Gasteiger partial charge in [-0.15, -0.1) is 0 Å². The van der Waals surface area contributed by atoms with Crippen molar-refractivity contribution < 1.29 is 24.3 Å². The lowest BCUT2D eigenvalue weighted by Crippen LogP contribution is -2.52. The molecule has 0 saturated carbocycles. The van der Waals surface area contributed by atoms with E-state index in [0.29, 0.717) is 0 Å². The molecule has 0 aliphatic rings. The zero-order chi connectivity index (χ0) is 13.0. The number of hydrogen-bond acceptors (Lipinski definition) is 4. The maximum Gasteiger partial charge on any atom is 0.348 e. The molecule has 0 radical (unpaired) electrons. The fourth-order valence-electron chi connectivity index (χ4n) is 0.896. The molecule has 0 bridgehead atoms. The second-order valence-corrected chi connectivity index (χ2v) is 5.38. The Kier molecular flexibility index (Phi) is 5.72. The van der Waals surface area contributed by atoms with Crippen molar-refractivity contribution in [2.45, 2.75) is 12.5 Å². The van der Waals surface area contributed by atoms with Crippen LogP contribution in [0.2, 0.25) is 0 Å². The van der Waals surface area contributed by atoms with Gasteiger partial charge in [0.05, 0.1) is 0 Å². The largest absolute Gasteiger partial charge is 0.480 e. The molecule has 0 heterocycles. The Hall–Kier alpha value is -0.330. The molecule has 0 aromatic heterocycles. The number of hydrogen-bond donors (Lipinski definition) is 4. The van der Waals surface area contributed by atoms with E-state index in [2.05, 4.69) is 12.6 Å². The fraction of sp³-hybridized carbons (Fsp3) is 0.625. The van der Waals surface area contributed by atoms with E-state index in [9.17, 15) is 9.36 Å². The van der Waals surface area contributed by atoms with Gasteiger partial charge < -0.3 is 14.9 Å². The van der Waals surface area contributed by atoms with E-state index < -0.39 is 19.1 Å². The average molecular weight is 269 g/mol. The quantitative estimate of drug-likeness (QED) is 0.411. The van der Waals surface area contributed by atoms with E-state index in [1.54, 1.807) is 7.05 Å². The minimum absolute atomic E-state index is 0.0998. The van der Waals surface area contributed by atoms with Gasteiger partial charge in [0.1, 0.15) is 5.54 Å². The molecule has 8 heteroatoms. The molecule has 0 aromatic rings. The zero-order valence-corrected chi connectivity index (χ0v) is 10.9. The maximum absolute atomic E-state index is 11.0. The zero-order valence-electron chi connectivity index (χ0n) is 9.07. The lowest BCUT2D eigenvalue weighted by Gasteiger charge is -2.32. The Balaban J connectivity index is 4.57. The molecular weight excluding hydrogens is 253 g/mol. The van der Waals surface area contributed by atoms with Crippen LogP contribution in [0.5, 0.6) is 0 Å². The summed E-state index contributed by atoms with van der Waals surface area (Å²) in [6.45, 7) is 1.61. The SMILES string of the molecule is CN(CC=CP(=O)(O)O)[C@@](C)(CS)C(=O)O. The second-order valence-electron chi connectivity index (χ2n) is 3.59. The van der Waals surface area contributed by atoms with Gasteiger partial charge in [-0.05, 0) is 14.0 Å². The minimum Gasteiger partial charge on any atom is -0.480 e. The second kappa shape index (κ2) is 5.84. The summed E-state index contributed by atoms with van der Waals surface area (Å²) in [5, 5.41) is 8.99. The summed E-state index contributed by atoms with van der Waals surface area (Å²) in [5.41, 5.74) is -1.16. The number of carboxylic acid groups (broad SMARTS) is 1. The van der Waals surface area contributed by atoms with Crippen LogP contribution in [0.1, 0.15) is 6.92 Å². The number of thiol groups is 1. The molecule has 0 aliphatic heterocycles. The van der Waals surface area contributed by atoms with E-state index in [-0.39, 0.29) is 12.3 Å². The van der Waals surface area contributed by atoms with Crippen LogP contribution < -0.4 is 0 Å². The van der Waals surface area contributed by atoms with Crippen molar-refractivity contribution >= 4 is 26.2 Å². The van der Waals surface area contributed by atoms with Gasteiger partial charge in [-0.1, -0.05) is 6.08 Å². The Morgan fingerprint density at radius 3 is 2.38 bits per heavy atom. The Bertz CT molecular complexity index is 328. The Morgan fingerprint density at radius 1 is 1.56 bits per heavy atom. The van der Waals surface area contributed by atoms with E-state index in [1.165, 1.54) is 17.9 Å². The summed E-state index contributed by atoms with van der Waals surface area (Å²) >= 11 is 3.96. The minimum atomic E-state index is -4.18. The topological polar surface area (TPSA) is 98.1 Å². The number of carboxylic acids is 1. The van der Waals surface area contributed by atoms with Gasteiger partial charge in [-0.3, -0.25) is 14.3 Å². The molecule has 0 rings (SSSR count). The molecule has 0 unspecified atom stereocenters. The van der Waals surface area contributed by atoms with Crippen molar-refractivity contribution in [1.82, 2.24) is 4.90 Å². The molecule has 94 valence electrons. The third-order valence-electron chi connectivity index (χ3n) is 2.29. The van der Waals surface area contributed by atoms with E-state index in [1.807, 2.05) is 0 Å². The molecule has 0 aromatic carbocycles. The molecule has 3 N–H and O–H groups in total. The van der Waals surface area contributed by atoms with E-state index >= 15 is 0 Å². The number of likely N-dealkylation sites (N-methyl/N-ethyl adjacent to an activating group) is 1. The fourth-order valence-corrected chi connectivity index (χ4v) is 1.64. The molecule has 0 spiro atoms. The predicted molar refractivity (Wildman–Crippen MR) is 63.7 cm³/mol. The monoisotopic (exact) mass is 269 g/mol.